The van der Waals surface area contributed by atoms with Crippen LogP contribution in [0.1, 0.15) is 26.5 Å². The number of carbonyl (C=O) groups is 3. The molecule has 6 nitrogen and oxygen atoms in total. The Balaban J connectivity index is 1.53. The number of nitrogens with one attached hydrogen (secondary N) is 1. The van der Waals surface area contributed by atoms with Crippen molar-refractivity contribution in [2.45, 2.75) is 11.4 Å². The van der Waals surface area contributed by atoms with Crippen LogP contribution < -0.4 is 5.32 Å². The van der Waals surface area contributed by atoms with E-state index in [4.69, 9.17) is 9.15 Å². The first-order valence-corrected chi connectivity index (χ1v) is 9.88. The third-order valence-corrected chi connectivity index (χ3v) is 5.01. The number of hydrogen-bond acceptors (Lipinski definition) is 6. The van der Waals surface area contributed by atoms with Gasteiger partial charge < -0.3 is 14.5 Å². The van der Waals surface area contributed by atoms with E-state index in [-0.39, 0.29) is 24.1 Å². The number of ketones is 1. The van der Waals surface area contributed by atoms with Crippen molar-refractivity contribution in [1.29, 1.82) is 0 Å². The van der Waals surface area contributed by atoms with Crippen LogP contribution in [0.3, 0.4) is 0 Å². The zero-order chi connectivity index (χ0) is 20.5. The number of carbonyl (C=O) groups excluding carboxylic acids is 3. The summed E-state index contributed by atoms with van der Waals surface area (Å²) in [5.74, 6) is -0.271. The smallest absolute Gasteiger partial charge is 0.339 e. The maximum absolute atomic E-state index is 12.4. The van der Waals surface area contributed by atoms with Crippen LogP contribution in [0.2, 0.25) is 0 Å². The first-order chi connectivity index (χ1) is 14.1. The van der Waals surface area contributed by atoms with Gasteiger partial charge in [0, 0.05) is 10.5 Å². The van der Waals surface area contributed by atoms with Gasteiger partial charge in [-0.3, -0.25) is 9.59 Å². The standard InChI is InChI=1S/C22H19NO5S/c24-19(16-7-2-1-3-8-16)14-28-22(26)18-10-4-5-11-20(18)29-15-21(25)23-13-17-9-6-12-27-17/h1-12H,13-15H2,(H,23,25). The average Bonchev–Trinajstić information content (AvgIpc) is 3.29. The summed E-state index contributed by atoms with van der Waals surface area (Å²) in [7, 11) is 0. The largest absolute Gasteiger partial charge is 0.467 e. The number of esters is 1. The second-order valence-corrected chi connectivity index (χ2v) is 7.02. The van der Waals surface area contributed by atoms with Crippen molar-refractivity contribution in [3.8, 4) is 0 Å². The fourth-order valence-corrected chi connectivity index (χ4v) is 3.34. The molecule has 7 heteroatoms. The van der Waals surface area contributed by atoms with E-state index < -0.39 is 5.97 Å². The minimum Gasteiger partial charge on any atom is -0.467 e. The van der Waals surface area contributed by atoms with E-state index in [1.165, 1.54) is 11.8 Å². The molecular formula is C22H19NO5S. The van der Waals surface area contributed by atoms with E-state index in [0.29, 0.717) is 28.3 Å². The SMILES string of the molecule is O=C(CSc1ccccc1C(=O)OCC(=O)c1ccccc1)NCc1ccco1. The van der Waals surface area contributed by atoms with Crippen LogP contribution in [0.15, 0.2) is 82.3 Å². The minimum absolute atomic E-state index is 0.133. The Morgan fingerprint density at radius 3 is 2.45 bits per heavy atom. The second kappa shape index (κ2) is 10.3. The van der Waals surface area contributed by atoms with E-state index in [9.17, 15) is 14.4 Å². The summed E-state index contributed by atoms with van der Waals surface area (Å²) < 4.78 is 10.3. The number of benzene rings is 2. The molecule has 0 radical (unpaired) electrons. The first-order valence-electron chi connectivity index (χ1n) is 8.90. The third kappa shape index (κ3) is 6.08. The number of furan rings is 1. The molecule has 1 N–H and O–H groups in total. The predicted octanol–water partition coefficient (Wildman–Crippen LogP) is 3.73. The molecule has 0 aliphatic heterocycles. The molecule has 0 aliphatic rings. The fourth-order valence-electron chi connectivity index (χ4n) is 2.47. The lowest BCUT2D eigenvalue weighted by molar-refractivity contribution is -0.118. The monoisotopic (exact) mass is 409 g/mol. The van der Waals surface area contributed by atoms with Gasteiger partial charge in [0.05, 0.1) is 24.1 Å². The van der Waals surface area contributed by atoms with Crippen molar-refractivity contribution < 1.29 is 23.5 Å². The van der Waals surface area contributed by atoms with Gasteiger partial charge in [0.1, 0.15) is 5.76 Å². The Morgan fingerprint density at radius 2 is 1.69 bits per heavy atom. The van der Waals surface area contributed by atoms with Gasteiger partial charge in [-0.15, -0.1) is 11.8 Å². The molecule has 148 valence electrons. The molecule has 2 aromatic carbocycles. The number of thioether (sulfide) groups is 1. The summed E-state index contributed by atoms with van der Waals surface area (Å²) in [6.07, 6.45) is 1.54. The van der Waals surface area contributed by atoms with Crippen molar-refractivity contribution >= 4 is 29.4 Å². The average molecular weight is 409 g/mol. The van der Waals surface area contributed by atoms with Gasteiger partial charge in [-0.05, 0) is 24.3 Å². The normalized spacial score (nSPS) is 10.3. The quantitative estimate of drug-likeness (QED) is 0.329. The summed E-state index contributed by atoms with van der Waals surface area (Å²) in [5, 5.41) is 2.75. The van der Waals surface area contributed by atoms with Crippen LogP contribution in [0.25, 0.3) is 0 Å². The fraction of sp³-hybridized carbons (Fsp3) is 0.136. The highest BCUT2D eigenvalue weighted by Gasteiger charge is 2.16. The maximum atomic E-state index is 12.4. The molecule has 0 atom stereocenters. The predicted molar refractivity (Wildman–Crippen MR) is 109 cm³/mol. The Labute approximate surface area is 172 Å². The molecule has 0 bridgehead atoms. The number of Topliss-reactive ketones (excluding diaryl/α,β-unsaturated/α-hetero) is 1. The van der Waals surface area contributed by atoms with E-state index in [2.05, 4.69) is 5.32 Å². The van der Waals surface area contributed by atoms with Gasteiger partial charge in [-0.2, -0.15) is 0 Å². The summed E-state index contributed by atoms with van der Waals surface area (Å²) in [6.45, 7) is -0.0385. The lowest BCUT2D eigenvalue weighted by atomic mass is 10.1. The highest BCUT2D eigenvalue weighted by Crippen LogP contribution is 2.23. The van der Waals surface area contributed by atoms with Gasteiger partial charge in [-0.1, -0.05) is 42.5 Å². The van der Waals surface area contributed by atoms with E-state index in [1.807, 2.05) is 0 Å². The van der Waals surface area contributed by atoms with Gasteiger partial charge >= 0.3 is 5.97 Å². The van der Waals surface area contributed by atoms with Crippen molar-refractivity contribution in [2.75, 3.05) is 12.4 Å². The zero-order valence-electron chi connectivity index (χ0n) is 15.5. The Hall–Kier alpha value is -3.32. The summed E-state index contributed by atoms with van der Waals surface area (Å²) >= 11 is 1.22. The van der Waals surface area contributed by atoms with E-state index in [1.54, 1.807) is 73.0 Å². The molecule has 3 aromatic rings. The van der Waals surface area contributed by atoms with Gasteiger partial charge in [0.2, 0.25) is 5.91 Å². The first kappa shape index (κ1) is 20.4. The Kier molecular flexibility index (Phi) is 7.24. The number of amides is 1. The molecule has 0 unspecified atom stereocenters. The molecule has 3 rings (SSSR count). The number of hydrogen-bond donors (Lipinski definition) is 1. The van der Waals surface area contributed by atoms with E-state index in [0.717, 1.165) is 0 Å². The molecule has 0 spiro atoms. The molecule has 0 aliphatic carbocycles. The topological polar surface area (TPSA) is 85.6 Å². The van der Waals surface area contributed by atoms with Gasteiger partial charge in [0.25, 0.3) is 0 Å². The number of rotatable bonds is 9. The summed E-state index contributed by atoms with van der Waals surface area (Å²) in [5.41, 5.74) is 0.799. The zero-order valence-corrected chi connectivity index (χ0v) is 16.3. The van der Waals surface area contributed by atoms with Crippen LogP contribution in [-0.4, -0.2) is 30.0 Å². The molecule has 1 heterocycles. The highest BCUT2D eigenvalue weighted by atomic mass is 32.2. The lowest BCUT2D eigenvalue weighted by Gasteiger charge is -2.09. The van der Waals surface area contributed by atoms with Crippen molar-refractivity contribution in [1.82, 2.24) is 5.32 Å². The van der Waals surface area contributed by atoms with E-state index >= 15 is 0 Å². The van der Waals surface area contributed by atoms with Crippen LogP contribution in [0.4, 0.5) is 0 Å². The molecule has 0 fully saturated rings. The van der Waals surface area contributed by atoms with Gasteiger partial charge in [0.15, 0.2) is 12.4 Å². The second-order valence-electron chi connectivity index (χ2n) is 6.01. The molecule has 1 amide bonds. The minimum atomic E-state index is -0.603. The van der Waals surface area contributed by atoms with Crippen molar-refractivity contribution in [3.05, 3.63) is 89.9 Å². The van der Waals surface area contributed by atoms with Crippen molar-refractivity contribution in [3.63, 3.8) is 0 Å². The molecule has 0 saturated heterocycles. The molecular weight excluding hydrogens is 390 g/mol. The van der Waals surface area contributed by atoms with Crippen LogP contribution in [0, 0.1) is 0 Å². The molecule has 29 heavy (non-hydrogen) atoms. The van der Waals surface area contributed by atoms with Crippen LogP contribution in [0.5, 0.6) is 0 Å². The van der Waals surface area contributed by atoms with Crippen molar-refractivity contribution in [2.24, 2.45) is 0 Å². The molecule has 0 saturated carbocycles. The summed E-state index contributed by atoms with van der Waals surface area (Å²) in [6, 6.07) is 19.0. The summed E-state index contributed by atoms with van der Waals surface area (Å²) in [4.78, 5) is 37.2. The van der Waals surface area contributed by atoms with Crippen LogP contribution >= 0.6 is 11.8 Å². The lowest BCUT2D eigenvalue weighted by Crippen LogP contribution is -2.24. The Bertz CT molecular complexity index is 970. The van der Waals surface area contributed by atoms with Gasteiger partial charge in [-0.25, -0.2) is 4.79 Å². The Morgan fingerprint density at radius 1 is 0.931 bits per heavy atom. The van der Waals surface area contributed by atoms with Crippen LogP contribution in [-0.2, 0) is 16.1 Å². The highest BCUT2D eigenvalue weighted by molar-refractivity contribution is 8.00. The maximum Gasteiger partial charge on any atom is 0.339 e. The number of ether oxygens (including phenoxy) is 1. The molecule has 1 aromatic heterocycles. The third-order valence-electron chi connectivity index (χ3n) is 3.94.